The largest absolute Gasteiger partial charge is 0.497 e. The Morgan fingerprint density at radius 1 is 1.30 bits per heavy atom. The monoisotopic (exact) mass is 310 g/mol. The molecule has 0 spiro atoms. The zero-order valence-corrected chi connectivity index (χ0v) is 13.0. The lowest BCUT2D eigenvalue weighted by molar-refractivity contribution is 0.228. The number of rotatable bonds is 4. The fourth-order valence-corrected chi connectivity index (χ4v) is 3.04. The summed E-state index contributed by atoms with van der Waals surface area (Å²) in [5, 5.41) is 4.30. The standard InChI is InChI=1S/C18H18N2O3/c1-21-15-4-2-3-14(9-15)18-16-11-20(7-5-17(16)23-19-18)10-13-6-8-22-12-13/h2-4,6,8-9,12H,5,7,10-11H2,1H3. The molecule has 0 saturated carbocycles. The van der Waals surface area contributed by atoms with Crippen LogP contribution in [0.5, 0.6) is 5.75 Å². The van der Waals surface area contributed by atoms with E-state index in [4.69, 9.17) is 13.7 Å². The maximum atomic E-state index is 5.56. The predicted octanol–water partition coefficient (Wildman–Crippen LogP) is 3.50. The van der Waals surface area contributed by atoms with Crippen molar-refractivity contribution >= 4 is 0 Å². The molecule has 0 saturated heterocycles. The Morgan fingerprint density at radius 3 is 3.09 bits per heavy atom. The lowest BCUT2D eigenvalue weighted by Crippen LogP contribution is -2.29. The molecule has 0 radical (unpaired) electrons. The first-order valence-corrected chi connectivity index (χ1v) is 7.69. The minimum absolute atomic E-state index is 0.824. The van der Waals surface area contributed by atoms with E-state index in [2.05, 4.69) is 10.1 Å². The number of aromatic nitrogens is 1. The Balaban J connectivity index is 1.61. The number of fused-ring (bicyclic) bond motifs is 1. The van der Waals surface area contributed by atoms with Crippen LogP contribution in [0.1, 0.15) is 16.9 Å². The normalized spacial score (nSPS) is 14.7. The van der Waals surface area contributed by atoms with Crippen molar-refractivity contribution in [2.45, 2.75) is 19.5 Å². The summed E-state index contributed by atoms with van der Waals surface area (Å²) in [5.41, 5.74) is 4.30. The first-order valence-electron chi connectivity index (χ1n) is 7.69. The van der Waals surface area contributed by atoms with E-state index in [0.717, 1.165) is 48.8 Å². The number of benzene rings is 1. The second-order valence-electron chi connectivity index (χ2n) is 5.76. The van der Waals surface area contributed by atoms with Gasteiger partial charge in [0, 0.05) is 42.7 Å². The lowest BCUT2D eigenvalue weighted by Gasteiger charge is -2.25. The smallest absolute Gasteiger partial charge is 0.143 e. The van der Waals surface area contributed by atoms with E-state index >= 15 is 0 Å². The molecule has 2 aromatic heterocycles. The maximum Gasteiger partial charge on any atom is 0.143 e. The van der Waals surface area contributed by atoms with Crippen LogP contribution in [0.2, 0.25) is 0 Å². The van der Waals surface area contributed by atoms with Crippen LogP contribution in [0.4, 0.5) is 0 Å². The highest BCUT2D eigenvalue weighted by Crippen LogP contribution is 2.32. The van der Waals surface area contributed by atoms with Gasteiger partial charge in [-0.25, -0.2) is 0 Å². The molecule has 0 bridgehead atoms. The van der Waals surface area contributed by atoms with Gasteiger partial charge in [0.25, 0.3) is 0 Å². The van der Waals surface area contributed by atoms with Crippen LogP contribution >= 0.6 is 0 Å². The molecule has 4 rings (SSSR count). The molecule has 0 atom stereocenters. The van der Waals surface area contributed by atoms with Gasteiger partial charge in [0.2, 0.25) is 0 Å². The van der Waals surface area contributed by atoms with Crippen LogP contribution < -0.4 is 4.74 Å². The van der Waals surface area contributed by atoms with Crippen molar-refractivity contribution in [1.29, 1.82) is 0 Å². The van der Waals surface area contributed by atoms with Crippen molar-refractivity contribution in [2.24, 2.45) is 0 Å². The van der Waals surface area contributed by atoms with Gasteiger partial charge in [-0.1, -0.05) is 17.3 Å². The van der Waals surface area contributed by atoms with E-state index in [1.165, 1.54) is 11.1 Å². The highest BCUT2D eigenvalue weighted by molar-refractivity contribution is 5.65. The number of ether oxygens (including phenoxy) is 1. The van der Waals surface area contributed by atoms with Gasteiger partial charge in [-0.2, -0.15) is 0 Å². The molecule has 0 N–H and O–H groups in total. The average molecular weight is 310 g/mol. The van der Waals surface area contributed by atoms with E-state index in [1.807, 2.05) is 30.3 Å². The van der Waals surface area contributed by atoms with E-state index < -0.39 is 0 Å². The van der Waals surface area contributed by atoms with Crippen LogP contribution in [0.25, 0.3) is 11.3 Å². The SMILES string of the molecule is COc1cccc(-c2noc3c2CN(Cc2ccoc2)CC3)c1. The van der Waals surface area contributed by atoms with Crippen molar-refractivity contribution in [1.82, 2.24) is 10.1 Å². The first-order chi connectivity index (χ1) is 11.3. The number of methoxy groups -OCH3 is 1. The molecular formula is C18H18N2O3. The summed E-state index contributed by atoms with van der Waals surface area (Å²) in [6, 6.07) is 9.94. The molecular weight excluding hydrogens is 292 g/mol. The van der Waals surface area contributed by atoms with Gasteiger partial charge >= 0.3 is 0 Å². The molecule has 1 aliphatic heterocycles. The van der Waals surface area contributed by atoms with Crippen molar-refractivity contribution in [3.05, 3.63) is 59.7 Å². The molecule has 0 fully saturated rings. The molecule has 1 aromatic carbocycles. The Morgan fingerprint density at radius 2 is 2.26 bits per heavy atom. The molecule has 23 heavy (non-hydrogen) atoms. The summed E-state index contributed by atoms with van der Waals surface area (Å²) in [4.78, 5) is 2.38. The van der Waals surface area contributed by atoms with Crippen molar-refractivity contribution in [3.63, 3.8) is 0 Å². The average Bonchev–Trinajstić information content (AvgIpc) is 3.24. The molecule has 3 heterocycles. The Bertz CT molecular complexity index is 792. The number of furan rings is 1. The van der Waals surface area contributed by atoms with E-state index in [-0.39, 0.29) is 0 Å². The van der Waals surface area contributed by atoms with Gasteiger partial charge in [-0.3, -0.25) is 4.90 Å². The molecule has 1 aliphatic rings. The molecule has 0 aliphatic carbocycles. The summed E-state index contributed by atoms with van der Waals surface area (Å²) >= 11 is 0. The molecule has 3 aromatic rings. The summed E-state index contributed by atoms with van der Waals surface area (Å²) in [6.07, 6.45) is 4.39. The van der Waals surface area contributed by atoms with E-state index in [9.17, 15) is 0 Å². The van der Waals surface area contributed by atoms with Gasteiger partial charge in [0.15, 0.2) is 0 Å². The zero-order valence-electron chi connectivity index (χ0n) is 13.0. The number of nitrogens with zero attached hydrogens (tertiary/aromatic N) is 2. The zero-order chi connectivity index (χ0) is 15.6. The number of hydrogen-bond acceptors (Lipinski definition) is 5. The topological polar surface area (TPSA) is 51.6 Å². The van der Waals surface area contributed by atoms with Gasteiger partial charge in [-0.05, 0) is 18.2 Å². The summed E-state index contributed by atoms with van der Waals surface area (Å²) in [6.45, 7) is 2.67. The summed E-state index contributed by atoms with van der Waals surface area (Å²) in [7, 11) is 1.67. The molecule has 5 heteroatoms. The molecule has 118 valence electrons. The fraction of sp³-hybridized carbons (Fsp3) is 0.278. The van der Waals surface area contributed by atoms with Crippen molar-refractivity contribution in [2.75, 3.05) is 13.7 Å². The summed E-state index contributed by atoms with van der Waals surface area (Å²) < 4.78 is 16.0. The van der Waals surface area contributed by atoms with Crippen LogP contribution in [0, 0.1) is 0 Å². The van der Waals surface area contributed by atoms with Crippen molar-refractivity contribution in [3.8, 4) is 17.0 Å². The summed E-state index contributed by atoms with van der Waals surface area (Å²) in [5.74, 6) is 1.82. The number of hydrogen-bond donors (Lipinski definition) is 0. The highest BCUT2D eigenvalue weighted by atomic mass is 16.5. The van der Waals surface area contributed by atoms with Gasteiger partial charge in [0.05, 0.1) is 19.6 Å². The molecule has 5 nitrogen and oxygen atoms in total. The van der Waals surface area contributed by atoms with Crippen LogP contribution in [-0.4, -0.2) is 23.7 Å². The van der Waals surface area contributed by atoms with Gasteiger partial charge in [0.1, 0.15) is 17.2 Å². The van der Waals surface area contributed by atoms with Gasteiger partial charge in [-0.15, -0.1) is 0 Å². The van der Waals surface area contributed by atoms with E-state index in [1.54, 1.807) is 19.6 Å². The van der Waals surface area contributed by atoms with E-state index in [0.29, 0.717) is 0 Å². The van der Waals surface area contributed by atoms with Crippen molar-refractivity contribution < 1.29 is 13.7 Å². The Labute approximate surface area is 134 Å². The third-order valence-electron chi connectivity index (χ3n) is 4.24. The quantitative estimate of drug-likeness (QED) is 0.738. The van der Waals surface area contributed by atoms with Crippen LogP contribution in [-0.2, 0) is 19.5 Å². The third-order valence-corrected chi connectivity index (χ3v) is 4.24. The highest BCUT2D eigenvalue weighted by Gasteiger charge is 2.25. The minimum atomic E-state index is 0.824. The molecule has 0 amide bonds. The van der Waals surface area contributed by atoms with Gasteiger partial charge < -0.3 is 13.7 Å². The fourth-order valence-electron chi connectivity index (χ4n) is 3.04. The maximum absolute atomic E-state index is 5.56. The predicted molar refractivity (Wildman–Crippen MR) is 85.0 cm³/mol. The third kappa shape index (κ3) is 2.75. The van der Waals surface area contributed by atoms with Crippen LogP contribution in [0.15, 0.2) is 51.8 Å². The Hall–Kier alpha value is -2.53. The lowest BCUT2D eigenvalue weighted by atomic mass is 10.0. The second kappa shape index (κ2) is 5.93. The molecule has 0 unspecified atom stereocenters. The second-order valence-corrected chi connectivity index (χ2v) is 5.76. The first kappa shape index (κ1) is 14.1. The van der Waals surface area contributed by atoms with Crippen LogP contribution in [0.3, 0.4) is 0 Å². The Kier molecular flexibility index (Phi) is 3.63. The minimum Gasteiger partial charge on any atom is -0.497 e.